The fraction of sp³-hybridized carbons (Fsp3) is 0.167. The van der Waals surface area contributed by atoms with Gasteiger partial charge < -0.3 is 19.2 Å². The summed E-state index contributed by atoms with van der Waals surface area (Å²) < 4.78 is 16.1. The van der Waals surface area contributed by atoms with Gasteiger partial charge in [0.15, 0.2) is 11.5 Å². The number of ether oxygens (including phenoxy) is 3. The molecule has 118 valence electrons. The SMILES string of the molecule is COc1cc(-c2ncc(-c3ccccc3)[nH]2)cc(OC)c1OC. The van der Waals surface area contributed by atoms with Gasteiger partial charge in [-0.3, -0.25) is 0 Å². The highest BCUT2D eigenvalue weighted by molar-refractivity contribution is 5.69. The molecule has 5 nitrogen and oxygen atoms in total. The topological polar surface area (TPSA) is 56.4 Å². The van der Waals surface area contributed by atoms with Crippen LogP contribution < -0.4 is 14.2 Å². The van der Waals surface area contributed by atoms with Crippen LogP contribution in [0.3, 0.4) is 0 Å². The number of nitrogens with one attached hydrogen (secondary N) is 1. The lowest BCUT2D eigenvalue weighted by molar-refractivity contribution is 0.324. The third kappa shape index (κ3) is 2.85. The second kappa shape index (κ2) is 6.44. The van der Waals surface area contributed by atoms with Crippen LogP contribution in [-0.4, -0.2) is 31.3 Å². The number of methoxy groups -OCH3 is 3. The number of aromatic amines is 1. The quantitative estimate of drug-likeness (QED) is 0.779. The van der Waals surface area contributed by atoms with E-state index in [1.165, 1.54) is 0 Å². The summed E-state index contributed by atoms with van der Waals surface area (Å²) in [7, 11) is 4.78. The van der Waals surface area contributed by atoms with E-state index in [9.17, 15) is 0 Å². The van der Waals surface area contributed by atoms with Crippen molar-refractivity contribution in [3.05, 3.63) is 48.7 Å². The lowest BCUT2D eigenvalue weighted by atomic mass is 10.1. The molecule has 0 fully saturated rings. The summed E-state index contributed by atoms with van der Waals surface area (Å²) >= 11 is 0. The Labute approximate surface area is 134 Å². The van der Waals surface area contributed by atoms with Gasteiger partial charge in [-0.25, -0.2) is 4.98 Å². The van der Waals surface area contributed by atoms with E-state index in [-0.39, 0.29) is 0 Å². The van der Waals surface area contributed by atoms with Crippen LogP contribution in [0.15, 0.2) is 48.7 Å². The molecule has 0 aliphatic heterocycles. The molecule has 3 rings (SSSR count). The lowest BCUT2D eigenvalue weighted by Gasteiger charge is -2.13. The van der Waals surface area contributed by atoms with E-state index in [1.54, 1.807) is 21.3 Å². The minimum Gasteiger partial charge on any atom is -0.493 e. The van der Waals surface area contributed by atoms with E-state index in [4.69, 9.17) is 14.2 Å². The molecule has 0 atom stereocenters. The minimum absolute atomic E-state index is 0.564. The zero-order valence-electron chi connectivity index (χ0n) is 13.3. The smallest absolute Gasteiger partial charge is 0.203 e. The first-order valence-corrected chi connectivity index (χ1v) is 7.17. The van der Waals surface area contributed by atoms with E-state index in [0.29, 0.717) is 17.2 Å². The van der Waals surface area contributed by atoms with Crippen molar-refractivity contribution in [1.29, 1.82) is 0 Å². The van der Waals surface area contributed by atoms with Gasteiger partial charge >= 0.3 is 0 Å². The maximum atomic E-state index is 5.39. The highest BCUT2D eigenvalue weighted by atomic mass is 16.5. The number of hydrogen-bond donors (Lipinski definition) is 1. The summed E-state index contributed by atoms with van der Waals surface area (Å²) in [4.78, 5) is 7.78. The zero-order valence-corrected chi connectivity index (χ0v) is 13.3. The van der Waals surface area contributed by atoms with Gasteiger partial charge in [-0.2, -0.15) is 0 Å². The van der Waals surface area contributed by atoms with Crippen LogP contribution in [0.1, 0.15) is 0 Å². The Morgan fingerprint density at radius 3 is 2.04 bits per heavy atom. The average Bonchev–Trinajstić information content (AvgIpc) is 3.11. The third-order valence-corrected chi connectivity index (χ3v) is 3.60. The van der Waals surface area contributed by atoms with Crippen molar-refractivity contribution in [2.24, 2.45) is 0 Å². The second-order valence-corrected chi connectivity index (χ2v) is 4.93. The molecule has 0 aliphatic carbocycles. The molecule has 0 amide bonds. The molecule has 0 unspecified atom stereocenters. The van der Waals surface area contributed by atoms with Crippen LogP contribution in [-0.2, 0) is 0 Å². The maximum absolute atomic E-state index is 5.39. The van der Waals surface area contributed by atoms with Crippen LogP contribution in [0.5, 0.6) is 17.2 Å². The Morgan fingerprint density at radius 2 is 1.48 bits per heavy atom. The van der Waals surface area contributed by atoms with Crippen LogP contribution >= 0.6 is 0 Å². The molecule has 0 saturated carbocycles. The Morgan fingerprint density at radius 1 is 0.826 bits per heavy atom. The van der Waals surface area contributed by atoms with Crippen LogP contribution in [0.4, 0.5) is 0 Å². The first-order chi connectivity index (χ1) is 11.3. The Balaban J connectivity index is 2.04. The molecular weight excluding hydrogens is 292 g/mol. The molecule has 2 aromatic carbocycles. The van der Waals surface area contributed by atoms with Crippen LogP contribution in [0.2, 0.25) is 0 Å². The first-order valence-electron chi connectivity index (χ1n) is 7.17. The number of aromatic nitrogens is 2. The normalized spacial score (nSPS) is 10.4. The molecule has 3 aromatic rings. The van der Waals surface area contributed by atoms with Crippen molar-refractivity contribution >= 4 is 0 Å². The number of imidazole rings is 1. The minimum atomic E-state index is 0.564. The van der Waals surface area contributed by atoms with Crippen LogP contribution in [0.25, 0.3) is 22.6 Å². The summed E-state index contributed by atoms with van der Waals surface area (Å²) in [6.45, 7) is 0. The molecule has 0 radical (unpaired) electrons. The Hall–Kier alpha value is -2.95. The largest absolute Gasteiger partial charge is 0.493 e. The molecule has 0 saturated heterocycles. The van der Waals surface area contributed by atoms with Crippen molar-refractivity contribution in [3.63, 3.8) is 0 Å². The molecule has 1 aromatic heterocycles. The molecule has 0 bridgehead atoms. The van der Waals surface area contributed by atoms with E-state index in [0.717, 1.165) is 22.6 Å². The third-order valence-electron chi connectivity index (χ3n) is 3.60. The van der Waals surface area contributed by atoms with E-state index < -0.39 is 0 Å². The van der Waals surface area contributed by atoms with Gasteiger partial charge in [0.05, 0.1) is 33.2 Å². The van der Waals surface area contributed by atoms with Gasteiger partial charge in [-0.1, -0.05) is 30.3 Å². The summed E-state index contributed by atoms with van der Waals surface area (Å²) in [5.41, 5.74) is 2.90. The zero-order chi connectivity index (χ0) is 16.2. The molecule has 23 heavy (non-hydrogen) atoms. The number of rotatable bonds is 5. The van der Waals surface area contributed by atoms with Gasteiger partial charge in [-0.15, -0.1) is 0 Å². The predicted molar refractivity (Wildman–Crippen MR) is 89.1 cm³/mol. The summed E-state index contributed by atoms with van der Waals surface area (Å²) in [6, 6.07) is 13.8. The fourth-order valence-corrected chi connectivity index (χ4v) is 2.45. The first kappa shape index (κ1) is 15.0. The van der Waals surface area contributed by atoms with Gasteiger partial charge in [0.1, 0.15) is 5.82 Å². The maximum Gasteiger partial charge on any atom is 0.203 e. The molecule has 5 heteroatoms. The molecule has 1 heterocycles. The number of nitrogens with zero attached hydrogens (tertiary/aromatic N) is 1. The molecular formula is C18H18N2O3. The highest BCUT2D eigenvalue weighted by Crippen LogP contribution is 2.40. The van der Waals surface area contributed by atoms with Gasteiger partial charge in [-0.05, 0) is 17.7 Å². The monoisotopic (exact) mass is 310 g/mol. The van der Waals surface area contributed by atoms with Gasteiger partial charge in [0, 0.05) is 5.56 Å². The van der Waals surface area contributed by atoms with Gasteiger partial charge in [0.25, 0.3) is 0 Å². The summed E-state index contributed by atoms with van der Waals surface area (Å²) in [5.74, 6) is 2.50. The summed E-state index contributed by atoms with van der Waals surface area (Å²) in [5, 5.41) is 0. The number of benzene rings is 2. The van der Waals surface area contributed by atoms with E-state index in [2.05, 4.69) is 9.97 Å². The summed E-state index contributed by atoms with van der Waals surface area (Å²) in [6.07, 6.45) is 1.81. The second-order valence-electron chi connectivity index (χ2n) is 4.93. The molecule has 1 N–H and O–H groups in total. The van der Waals surface area contributed by atoms with Gasteiger partial charge in [0.2, 0.25) is 5.75 Å². The van der Waals surface area contributed by atoms with Crippen molar-refractivity contribution in [3.8, 4) is 39.9 Å². The number of H-pyrrole nitrogens is 1. The van der Waals surface area contributed by atoms with E-state index in [1.807, 2.05) is 48.7 Å². The standard InChI is InChI=1S/C18H18N2O3/c1-21-15-9-13(10-16(22-2)17(15)23-3)18-19-11-14(20-18)12-7-5-4-6-8-12/h4-11H,1-3H3,(H,19,20). The Bertz CT molecular complexity index is 772. The highest BCUT2D eigenvalue weighted by Gasteiger charge is 2.15. The lowest BCUT2D eigenvalue weighted by Crippen LogP contribution is -1.96. The number of hydrogen-bond acceptors (Lipinski definition) is 4. The fourth-order valence-electron chi connectivity index (χ4n) is 2.45. The van der Waals surface area contributed by atoms with Crippen molar-refractivity contribution in [2.45, 2.75) is 0 Å². The Kier molecular flexibility index (Phi) is 4.19. The molecule has 0 aliphatic rings. The van der Waals surface area contributed by atoms with Crippen LogP contribution in [0, 0.1) is 0 Å². The predicted octanol–water partition coefficient (Wildman–Crippen LogP) is 3.77. The van der Waals surface area contributed by atoms with Crippen molar-refractivity contribution in [1.82, 2.24) is 9.97 Å². The van der Waals surface area contributed by atoms with Crippen molar-refractivity contribution < 1.29 is 14.2 Å². The van der Waals surface area contributed by atoms with Crippen molar-refractivity contribution in [2.75, 3.05) is 21.3 Å². The average molecular weight is 310 g/mol. The molecule has 0 spiro atoms. The van der Waals surface area contributed by atoms with E-state index >= 15 is 0 Å².